The monoisotopic (exact) mass is 323 g/mol. The number of aryl methyl sites for hydroxylation is 1. The molecule has 1 amide bonds. The Morgan fingerprint density at radius 2 is 1.88 bits per heavy atom. The quantitative estimate of drug-likeness (QED) is 0.723. The number of alkyl halides is 1. The largest absolute Gasteiger partial charge is 0.338 e. The lowest BCUT2D eigenvalue weighted by Crippen LogP contribution is -2.64. The number of carbonyl (C=O) groups excluding carboxylic acids is 1. The molecule has 0 N–H and O–H groups in total. The van der Waals surface area contributed by atoms with Crippen molar-refractivity contribution in [2.75, 3.05) is 6.54 Å². The molecule has 7 aliphatic rings. The van der Waals surface area contributed by atoms with Gasteiger partial charge in [-0.1, -0.05) is 35.9 Å². The van der Waals surface area contributed by atoms with E-state index in [9.17, 15) is 9.18 Å². The highest BCUT2D eigenvalue weighted by atomic mass is 19.1. The van der Waals surface area contributed by atoms with Gasteiger partial charge in [0.2, 0.25) is 5.91 Å². The van der Waals surface area contributed by atoms with Gasteiger partial charge >= 0.3 is 0 Å². The van der Waals surface area contributed by atoms with Crippen molar-refractivity contribution in [3.8, 4) is 0 Å². The molecule has 1 aliphatic heterocycles. The molecule has 124 valence electrons. The fourth-order valence-corrected chi connectivity index (χ4v) is 6.54. The molecule has 1 heterocycles. The molecule has 1 aromatic rings. The summed E-state index contributed by atoms with van der Waals surface area (Å²) in [4.78, 5) is 15.3. The molecule has 4 bridgehead atoms. The van der Waals surface area contributed by atoms with Crippen LogP contribution >= 0.6 is 0 Å². The lowest BCUT2D eigenvalue weighted by molar-refractivity contribution is -0.142. The molecular formula is C21H22FNO. The first-order chi connectivity index (χ1) is 11.6. The fourth-order valence-electron chi connectivity index (χ4n) is 6.54. The minimum atomic E-state index is -0.976. The van der Waals surface area contributed by atoms with E-state index in [4.69, 9.17) is 0 Å². The molecule has 1 saturated heterocycles. The van der Waals surface area contributed by atoms with Crippen LogP contribution in [0.25, 0.3) is 0 Å². The summed E-state index contributed by atoms with van der Waals surface area (Å²) in [7, 11) is 0. The van der Waals surface area contributed by atoms with Crippen molar-refractivity contribution in [3.05, 3.63) is 47.0 Å². The molecular weight excluding hydrogens is 301 g/mol. The molecule has 0 spiro atoms. The van der Waals surface area contributed by atoms with E-state index in [2.05, 4.69) is 35.2 Å². The van der Waals surface area contributed by atoms with Crippen LogP contribution in [0.1, 0.15) is 42.7 Å². The number of hydrogen-bond acceptors (Lipinski definition) is 1. The third-order valence-electron chi connectivity index (χ3n) is 7.57. The number of fused-ring (bicyclic) bond motifs is 4. The first-order valence-corrected chi connectivity index (χ1v) is 9.42. The second-order valence-electron chi connectivity index (χ2n) is 8.61. The van der Waals surface area contributed by atoms with Crippen molar-refractivity contribution in [3.63, 3.8) is 0 Å². The van der Waals surface area contributed by atoms with Gasteiger partial charge in [0, 0.05) is 36.3 Å². The average molecular weight is 323 g/mol. The fraction of sp³-hybridized carbons (Fsp3) is 0.571. The Bertz CT molecular complexity index is 768. The molecule has 8 rings (SSSR count). The molecule has 0 aromatic heterocycles. The normalized spacial score (nSPS) is 44.7. The molecule has 4 fully saturated rings. The van der Waals surface area contributed by atoms with Gasteiger partial charge in [-0.2, -0.15) is 0 Å². The maximum atomic E-state index is 14.7. The maximum absolute atomic E-state index is 14.7. The van der Waals surface area contributed by atoms with Crippen LogP contribution in [-0.2, 0) is 11.2 Å². The number of allylic oxidation sites excluding steroid dienone is 1. The number of nitrogens with zero attached hydrogens (tertiary/aromatic N) is 1. The minimum absolute atomic E-state index is 0.159. The highest BCUT2D eigenvalue weighted by Gasteiger charge is 2.63. The van der Waals surface area contributed by atoms with Crippen molar-refractivity contribution >= 4 is 5.91 Å². The molecule has 6 aliphatic carbocycles. The Morgan fingerprint density at radius 1 is 1.08 bits per heavy atom. The summed E-state index contributed by atoms with van der Waals surface area (Å²) in [6.45, 7) is 0.852. The minimum Gasteiger partial charge on any atom is -0.338 e. The van der Waals surface area contributed by atoms with E-state index in [0.717, 1.165) is 19.4 Å². The Morgan fingerprint density at radius 3 is 2.67 bits per heavy atom. The number of likely N-dealkylation sites (tertiary alicyclic amines) is 1. The van der Waals surface area contributed by atoms with E-state index in [1.807, 2.05) is 0 Å². The lowest BCUT2D eigenvalue weighted by Gasteiger charge is -2.61. The predicted octanol–water partition coefficient (Wildman–Crippen LogP) is 3.62. The summed E-state index contributed by atoms with van der Waals surface area (Å²) in [5, 5.41) is 0. The molecule has 0 radical (unpaired) electrons. The van der Waals surface area contributed by atoms with Crippen molar-refractivity contribution in [2.24, 2.45) is 17.8 Å². The van der Waals surface area contributed by atoms with Gasteiger partial charge < -0.3 is 4.90 Å². The maximum Gasteiger partial charge on any atom is 0.226 e. The van der Waals surface area contributed by atoms with Gasteiger partial charge in [-0.15, -0.1) is 0 Å². The number of halogens is 1. The molecule has 1 aromatic carbocycles. The van der Waals surface area contributed by atoms with E-state index in [0.29, 0.717) is 42.9 Å². The van der Waals surface area contributed by atoms with Gasteiger partial charge in [-0.05, 0) is 43.2 Å². The second-order valence-corrected chi connectivity index (χ2v) is 8.61. The van der Waals surface area contributed by atoms with Crippen molar-refractivity contribution in [2.45, 2.75) is 49.7 Å². The summed E-state index contributed by atoms with van der Waals surface area (Å²) in [5.74, 6) is 1.48. The molecule has 2 unspecified atom stereocenters. The van der Waals surface area contributed by atoms with Gasteiger partial charge in [-0.25, -0.2) is 4.39 Å². The van der Waals surface area contributed by atoms with E-state index in [-0.39, 0.29) is 12.0 Å². The van der Waals surface area contributed by atoms with E-state index in [1.54, 1.807) is 0 Å². The standard InChI is InChI=1S/C21H22FNO/c22-21-8-7-14-16(9-21)19(17(14)10-21)23-11-18-13-4-2-1-3-12(13)5-6-15(18)20(23)24/h1-4,7,15-19H,5-6,8-11H2/t15-,16-,17+,18-,19?,21?/m1/s1. The van der Waals surface area contributed by atoms with Crippen LogP contribution in [0.15, 0.2) is 35.9 Å². The van der Waals surface area contributed by atoms with E-state index in [1.165, 1.54) is 16.7 Å². The molecule has 3 saturated carbocycles. The van der Waals surface area contributed by atoms with E-state index < -0.39 is 5.67 Å². The summed E-state index contributed by atoms with van der Waals surface area (Å²) in [6.07, 6.45) is 6.05. The highest BCUT2D eigenvalue weighted by Crippen LogP contribution is 2.62. The molecule has 2 nitrogen and oxygen atoms in total. The second kappa shape index (κ2) is 4.30. The Kier molecular flexibility index (Phi) is 2.44. The predicted molar refractivity (Wildman–Crippen MR) is 89.2 cm³/mol. The zero-order valence-electron chi connectivity index (χ0n) is 13.7. The van der Waals surface area contributed by atoms with Crippen molar-refractivity contribution in [1.82, 2.24) is 4.90 Å². The first kappa shape index (κ1) is 13.6. The molecule has 3 heteroatoms. The van der Waals surface area contributed by atoms with Gasteiger partial charge in [-0.3, -0.25) is 4.79 Å². The third kappa shape index (κ3) is 1.54. The van der Waals surface area contributed by atoms with Crippen LogP contribution in [0, 0.1) is 17.8 Å². The third-order valence-corrected chi connectivity index (χ3v) is 7.57. The molecule has 24 heavy (non-hydrogen) atoms. The van der Waals surface area contributed by atoms with Gasteiger partial charge in [0.15, 0.2) is 0 Å². The number of carbonyl (C=O) groups is 1. The Balaban J connectivity index is 1.33. The lowest BCUT2D eigenvalue weighted by atomic mass is 9.49. The number of hydrogen-bond donors (Lipinski definition) is 0. The van der Waals surface area contributed by atoms with Crippen molar-refractivity contribution in [1.29, 1.82) is 0 Å². The van der Waals surface area contributed by atoms with Crippen molar-refractivity contribution < 1.29 is 9.18 Å². The smallest absolute Gasteiger partial charge is 0.226 e. The Hall–Kier alpha value is -1.64. The van der Waals surface area contributed by atoms with Gasteiger partial charge in [0.25, 0.3) is 0 Å². The summed E-state index contributed by atoms with van der Waals surface area (Å²) >= 11 is 0. The topological polar surface area (TPSA) is 20.3 Å². The molecule has 6 atom stereocenters. The van der Waals surface area contributed by atoms with Gasteiger partial charge in [0.05, 0.1) is 0 Å². The van der Waals surface area contributed by atoms with Crippen LogP contribution in [0.3, 0.4) is 0 Å². The van der Waals surface area contributed by atoms with E-state index >= 15 is 0 Å². The number of benzene rings is 1. The Labute approximate surface area is 141 Å². The number of amides is 1. The average Bonchev–Trinajstić information content (AvgIpc) is 2.92. The zero-order valence-corrected chi connectivity index (χ0v) is 13.7. The highest BCUT2D eigenvalue weighted by molar-refractivity contribution is 5.84. The zero-order chi connectivity index (χ0) is 16.1. The SMILES string of the molecule is O=C1[C@@H]2CCc3ccccc3[C@H]2CN1C1[C@@H]2CC3(F)CC=C2[C@@H]1C3. The van der Waals surface area contributed by atoms with Gasteiger partial charge in [0.1, 0.15) is 5.67 Å². The van der Waals surface area contributed by atoms with Crippen LogP contribution in [-0.4, -0.2) is 29.1 Å². The first-order valence-electron chi connectivity index (χ1n) is 9.42. The number of rotatable bonds is 1. The van der Waals surface area contributed by atoms with Crippen LogP contribution in [0.4, 0.5) is 4.39 Å². The summed E-state index contributed by atoms with van der Waals surface area (Å²) in [5.41, 5.74) is 3.29. The van der Waals surface area contributed by atoms with Crippen LogP contribution in [0.5, 0.6) is 0 Å². The van der Waals surface area contributed by atoms with Crippen LogP contribution in [0.2, 0.25) is 0 Å². The van der Waals surface area contributed by atoms with Crippen LogP contribution < -0.4 is 0 Å². The summed E-state index contributed by atoms with van der Waals surface area (Å²) < 4.78 is 14.7. The summed E-state index contributed by atoms with van der Waals surface area (Å²) in [6, 6.07) is 8.92.